The summed E-state index contributed by atoms with van der Waals surface area (Å²) in [6, 6.07) is 22.9. The molecule has 4 aromatic rings. The van der Waals surface area contributed by atoms with Crippen molar-refractivity contribution in [1.82, 2.24) is 0 Å². The number of nitrogens with two attached hydrogens (primary N) is 2. The fourth-order valence-corrected chi connectivity index (χ4v) is 3.56. The molecule has 6 N–H and O–H groups in total. The third-order valence-corrected chi connectivity index (χ3v) is 6.05. The number of methoxy groups -OCH3 is 2. The molecule has 0 fully saturated rings. The van der Waals surface area contributed by atoms with Gasteiger partial charge in [0.2, 0.25) is 0 Å². The van der Waals surface area contributed by atoms with Crippen molar-refractivity contribution in [3.05, 3.63) is 83.9 Å². The number of carboxylic acid groups (broad SMARTS) is 2. The third kappa shape index (κ3) is 9.66. The molecule has 0 amide bonds. The van der Waals surface area contributed by atoms with E-state index in [1.807, 2.05) is 72.8 Å². The van der Waals surface area contributed by atoms with Gasteiger partial charge in [-0.15, -0.1) is 0 Å². The summed E-state index contributed by atoms with van der Waals surface area (Å²) in [4.78, 5) is 21.8. The number of hydrogen-bond acceptors (Lipinski definition) is 6. The zero-order chi connectivity index (χ0) is 28.2. The van der Waals surface area contributed by atoms with Crippen LogP contribution in [0.25, 0.3) is 21.5 Å². The molecule has 0 aromatic heterocycles. The van der Waals surface area contributed by atoms with Crippen LogP contribution in [0.1, 0.15) is 36.8 Å². The summed E-state index contributed by atoms with van der Waals surface area (Å²) in [6.45, 7) is 4.57. The van der Waals surface area contributed by atoms with Gasteiger partial charge in [0.1, 0.15) is 11.5 Å². The summed E-state index contributed by atoms with van der Waals surface area (Å²) < 4.78 is 10.3. The Balaban J connectivity index is 0.000000336. The van der Waals surface area contributed by atoms with Crippen LogP contribution in [0.15, 0.2) is 72.8 Å². The molecule has 0 radical (unpaired) electrons. The number of benzene rings is 4. The molecule has 0 aliphatic carbocycles. The first-order chi connectivity index (χ1) is 18.1. The predicted octanol–water partition coefficient (Wildman–Crippen LogP) is 4.97. The van der Waals surface area contributed by atoms with Gasteiger partial charge < -0.3 is 31.2 Å². The average Bonchev–Trinajstić information content (AvgIpc) is 2.95. The first-order valence-electron chi connectivity index (χ1n) is 12.2. The van der Waals surface area contributed by atoms with Gasteiger partial charge in [-0.25, -0.2) is 0 Å². The normalized spacial score (nSPS) is 11.5. The van der Waals surface area contributed by atoms with E-state index in [1.165, 1.54) is 0 Å². The second kappa shape index (κ2) is 16.5. The molecule has 8 nitrogen and oxygen atoms in total. The Labute approximate surface area is 243 Å². The quantitative estimate of drug-likeness (QED) is 0.210. The molecule has 39 heavy (non-hydrogen) atoms. The molecule has 4 aromatic carbocycles. The molecule has 2 unspecified atom stereocenters. The zero-order valence-electron chi connectivity index (χ0n) is 22.5. The van der Waals surface area contributed by atoms with Crippen molar-refractivity contribution in [2.75, 3.05) is 27.3 Å². The number of aliphatic carboxylic acids is 2. The Morgan fingerprint density at radius 3 is 1.23 bits per heavy atom. The first-order valence-corrected chi connectivity index (χ1v) is 12.2. The minimum atomic E-state index is -0.808. The number of fused-ring (bicyclic) bond motifs is 2. The molecule has 2 atom stereocenters. The monoisotopic (exact) mass is 715 g/mol. The Kier molecular flexibility index (Phi) is 14.2. The third-order valence-electron chi connectivity index (χ3n) is 6.05. The van der Waals surface area contributed by atoms with Crippen molar-refractivity contribution in [3.8, 4) is 11.5 Å². The topological polar surface area (TPSA) is 145 Å². The van der Waals surface area contributed by atoms with Crippen molar-refractivity contribution in [1.29, 1.82) is 0 Å². The summed E-state index contributed by atoms with van der Waals surface area (Å²) in [5.41, 5.74) is 11.4. The maximum absolute atomic E-state index is 10.9. The number of ether oxygens (including phenoxy) is 2. The predicted molar refractivity (Wildman–Crippen MR) is 151 cm³/mol. The average molecular weight is 716 g/mol. The van der Waals surface area contributed by atoms with Crippen molar-refractivity contribution < 1.29 is 50.3 Å². The summed E-state index contributed by atoms with van der Waals surface area (Å²) >= 11 is 0. The summed E-state index contributed by atoms with van der Waals surface area (Å²) in [5.74, 6) is -0.980. The smallest absolute Gasteiger partial charge is 0.310 e. The van der Waals surface area contributed by atoms with Crippen LogP contribution in [-0.2, 0) is 30.7 Å². The molecule has 9 heteroatoms. The second-order valence-corrected chi connectivity index (χ2v) is 8.64. The molecule has 0 spiro atoms. The van der Waals surface area contributed by atoms with E-state index in [0.29, 0.717) is 13.1 Å². The van der Waals surface area contributed by atoms with E-state index in [2.05, 4.69) is 0 Å². The van der Waals surface area contributed by atoms with E-state index in [1.54, 1.807) is 28.1 Å². The van der Waals surface area contributed by atoms with Gasteiger partial charge in [0.15, 0.2) is 0 Å². The molecule has 0 saturated carbocycles. The first kappa shape index (κ1) is 33.6. The number of hydrogen-bond donors (Lipinski definition) is 4. The van der Waals surface area contributed by atoms with E-state index in [-0.39, 0.29) is 21.1 Å². The van der Waals surface area contributed by atoms with Gasteiger partial charge in [0.05, 0.1) is 26.1 Å². The van der Waals surface area contributed by atoms with Crippen LogP contribution < -0.4 is 20.9 Å². The summed E-state index contributed by atoms with van der Waals surface area (Å²) in [5, 5.41) is 22.1. The largest absolute Gasteiger partial charge is 0.497 e. The van der Waals surface area contributed by atoms with Crippen LogP contribution in [0.4, 0.5) is 0 Å². The minimum Gasteiger partial charge on any atom is -0.497 e. The van der Waals surface area contributed by atoms with Crippen LogP contribution in [0.2, 0.25) is 0 Å². The van der Waals surface area contributed by atoms with E-state index < -0.39 is 23.8 Å². The molecule has 0 aliphatic rings. The minimum absolute atomic E-state index is 0. The summed E-state index contributed by atoms with van der Waals surface area (Å²) in [6.07, 6.45) is 0. The number of rotatable bonds is 7. The van der Waals surface area contributed by atoms with Crippen LogP contribution in [0.3, 0.4) is 0 Å². The van der Waals surface area contributed by atoms with Crippen molar-refractivity contribution in [2.45, 2.75) is 25.7 Å². The zero-order valence-corrected chi connectivity index (χ0v) is 24.8. The number of carboxylic acids is 2. The Hall–Kier alpha value is -3.45. The molecule has 212 valence electrons. The molecule has 0 saturated heterocycles. The Bertz CT molecular complexity index is 1270. The maximum atomic E-state index is 10.9. The van der Waals surface area contributed by atoms with E-state index in [0.717, 1.165) is 44.2 Å². The van der Waals surface area contributed by atoms with Gasteiger partial charge >= 0.3 is 11.9 Å². The Morgan fingerprint density at radius 2 is 0.949 bits per heavy atom. The standard InChI is InChI=1S/2C14H14O3.C2H8N2.Pt/c2*1-9(14(15)16)10-3-4-12-8-13(17-2)6-5-11(12)7-10;3-1-2-4;/h2*3-9H,1-2H3,(H,15,16);1-4H2;. The van der Waals surface area contributed by atoms with Crippen molar-refractivity contribution in [3.63, 3.8) is 0 Å². The van der Waals surface area contributed by atoms with E-state index >= 15 is 0 Å². The van der Waals surface area contributed by atoms with E-state index in [4.69, 9.17) is 31.2 Å². The molecule has 4 rings (SSSR count). The molecular weight excluding hydrogens is 679 g/mol. The molecule has 0 aliphatic heterocycles. The van der Waals surface area contributed by atoms with Gasteiger partial charge in [-0.05, 0) is 70.8 Å². The van der Waals surface area contributed by atoms with Gasteiger partial charge in [-0.3, -0.25) is 9.59 Å². The fourth-order valence-electron chi connectivity index (χ4n) is 3.56. The van der Waals surface area contributed by atoms with Crippen molar-refractivity contribution in [2.24, 2.45) is 11.5 Å². The second-order valence-electron chi connectivity index (χ2n) is 8.64. The molecule has 0 bridgehead atoms. The van der Waals surface area contributed by atoms with Gasteiger partial charge in [0, 0.05) is 34.2 Å². The molecule has 0 heterocycles. The fraction of sp³-hybridized carbons (Fsp3) is 0.267. The Morgan fingerprint density at radius 1 is 0.641 bits per heavy atom. The summed E-state index contributed by atoms with van der Waals surface area (Å²) in [7, 11) is 3.25. The van der Waals surface area contributed by atoms with E-state index in [9.17, 15) is 9.59 Å². The van der Waals surface area contributed by atoms with Crippen molar-refractivity contribution >= 4 is 33.5 Å². The van der Waals surface area contributed by atoms with Crippen LogP contribution in [-0.4, -0.2) is 49.5 Å². The van der Waals surface area contributed by atoms with Gasteiger partial charge in [0.25, 0.3) is 0 Å². The van der Waals surface area contributed by atoms with Crippen LogP contribution in [0.5, 0.6) is 11.5 Å². The number of carbonyl (C=O) groups is 2. The SMILES string of the molecule is COc1ccc2cc(C(C)C(=O)O)ccc2c1.COc1ccc2cc(C(C)C(=O)O)ccc2c1.NCCN.[Pt]. The van der Waals surface area contributed by atoms with Gasteiger partial charge in [-0.1, -0.05) is 48.5 Å². The maximum Gasteiger partial charge on any atom is 0.310 e. The van der Waals surface area contributed by atoms with Crippen LogP contribution >= 0.6 is 0 Å². The van der Waals surface area contributed by atoms with Crippen LogP contribution in [0, 0.1) is 0 Å². The molecular formula is C30H36N2O6Pt. The van der Waals surface area contributed by atoms with Gasteiger partial charge in [-0.2, -0.15) is 0 Å².